The van der Waals surface area contributed by atoms with Crippen molar-refractivity contribution < 1.29 is 9.90 Å². The highest BCUT2D eigenvalue weighted by atomic mass is 79.9. The smallest absolute Gasteiger partial charge is 0.306 e. The van der Waals surface area contributed by atoms with Crippen molar-refractivity contribution in [3.05, 3.63) is 15.9 Å². The van der Waals surface area contributed by atoms with E-state index < -0.39 is 11.9 Å². The molecule has 0 saturated carbocycles. The van der Waals surface area contributed by atoms with Crippen molar-refractivity contribution >= 4 is 21.9 Å². The molecule has 3 N–H and O–H groups in total. The first-order valence-corrected chi connectivity index (χ1v) is 5.87. The summed E-state index contributed by atoms with van der Waals surface area (Å²) in [7, 11) is 1.81. The van der Waals surface area contributed by atoms with E-state index in [4.69, 9.17) is 10.8 Å². The molecule has 16 heavy (non-hydrogen) atoms. The molecule has 0 spiro atoms. The SMILES string of the molecule is Cc1nn(C)c(CC(CCN)C(=O)O)c1Br. The number of carboxylic acids is 1. The van der Waals surface area contributed by atoms with Crippen LogP contribution in [0.2, 0.25) is 0 Å². The van der Waals surface area contributed by atoms with Crippen LogP contribution in [0.5, 0.6) is 0 Å². The number of nitrogens with two attached hydrogens (primary N) is 1. The maximum atomic E-state index is 11.0. The van der Waals surface area contributed by atoms with Gasteiger partial charge in [0.05, 0.1) is 21.8 Å². The maximum absolute atomic E-state index is 11.0. The molecule has 1 rings (SSSR count). The Labute approximate surface area is 103 Å². The van der Waals surface area contributed by atoms with E-state index in [1.54, 1.807) is 4.68 Å². The van der Waals surface area contributed by atoms with Gasteiger partial charge >= 0.3 is 5.97 Å². The van der Waals surface area contributed by atoms with Gasteiger partial charge in [-0.05, 0) is 35.8 Å². The zero-order chi connectivity index (χ0) is 12.3. The summed E-state index contributed by atoms with van der Waals surface area (Å²) in [6, 6.07) is 0. The minimum Gasteiger partial charge on any atom is -0.481 e. The van der Waals surface area contributed by atoms with E-state index in [0.29, 0.717) is 19.4 Å². The highest BCUT2D eigenvalue weighted by molar-refractivity contribution is 9.10. The second-order valence-corrected chi connectivity index (χ2v) is 4.58. The molecule has 0 aliphatic rings. The van der Waals surface area contributed by atoms with Gasteiger partial charge in [-0.2, -0.15) is 5.10 Å². The minimum atomic E-state index is -0.809. The fraction of sp³-hybridized carbons (Fsp3) is 0.600. The fourth-order valence-electron chi connectivity index (χ4n) is 1.65. The van der Waals surface area contributed by atoms with Gasteiger partial charge in [0, 0.05) is 13.5 Å². The normalized spacial score (nSPS) is 12.8. The van der Waals surface area contributed by atoms with Gasteiger partial charge in [-0.15, -0.1) is 0 Å². The molecule has 1 aromatic heterocycles. The number of carboxylic acid groups (broad SMARTS) is 1. The predicted octanol–water partition coefficient (Wildman–Crippen LogP) is 1.08. The van der Waals surface area contributed by atoms with Gasteiger partial charge in [0.15, 0.2) is 0 Å². The van der Waals surface area contributed by atoms with E-state index in [-0.39, 0.29) is 0 Å². The first-order valence-electron chi connectivity index (χ1n) is 5.08. The largest absolute Gasteiger partial charge is 0.481 e. The molecule has 0 fully saturated rings. The number of aliphatic carboxylic acids is 1. The monoisotopic (exact) mass is 289 g/mol. The highest BCUT2D eigenvalue weighted by Gasteiger charge is 2.21. The zero-order valence-corrected chi connectivity index (χ0v) is 11.0. The summed E-state index contributed by atoms with van der Waals surface area (Å²) >= 11 is 3.42. The lowest BCUT2D eigenvalue weighted by atomic mass is 9.99. The average molecular weight is 290 g/mol. The van der Waals surface area contributed by atoms with E-state index >= 15 is 0 Å². The quantitative estimate of drug-likeness (QED) is 0.850. The van der Waals surface area contributed by atoms with Crippen molar-refractivity contribution in [3.8, 4) is 0 Å². The van der Waals surface area contributed by atoms with Crippen LogP contribution in [0.1, 0.15) is 17.8 Å². The number of nitrogens with zero attached hydrogens (tertiary/aromatic N) is 2. The van der Waals surface area contributed by atoms with Crippen molar-refractivity contribution in [1.82, 2.24) is 9.78 Å². The molecule has 0 amide bonds. The van der Waals surface area contributed by atoms with Crippen LogP contribution in [0.4, 0.5) is 0 Å². The van der Waals surface area contributed by atoms with Crippen molar-refractivity contribution in [2.24, 2.45) is 18.7 Å². The van der Waals surface area contributed by atoms with Crippen LogP contribution in [-0.2, 0) is 18.3 Å². The lowest BCUT2D eigenvalue weighted by Crippen LogP contribution is -2.21. The van der Waals surface area contributed by atoms with Gasteiger partial charge < -0.3 is 10.8 Å². The van der Waals surface area contributed by atoms with Gasteiger partial charge in [-0.1, -0.05) is 0 Å². The lowest BCUT2D eigenvalue weighted by molar-refractivity contribution is -0.141. The molecule has 1 atom stereocenters. The Morgan fingerprint density at radius 3 is 2.69 bits per heavy atom. The summed E-state index contributed by atoms with van der Waals surface area (Å²) in [4.78, 5) is 11.0. The molecule has 0 aromatic carbocycles. The van der Waals surface area contributed by atoms with Gasteiger partial charge in [-0.25, -0.2) is 0 Å². The minimum absolute atomic E-state index is 0.380. The first kappa shape index (κ1) is 13.2. The predicted molar refractivity (Wildman–Crippen MR) is 64.1 cm³/mol. The molecule has 0 aliphatic carbocycles. The van der Waals surface area contributed by atoms with E-state index in [2.05, 4.69) is 21.0 Å². The number of hydrogen-bond donors (Lipinski definition) is 2. The van der Waals surface area contributed by atoms with Crippen molar-refractivity contribution in [3.63, 3.8) is 0 Å². The van der Waals surface area contributed by atoms with E-state index in [9.17, 15) is 4.79 Å². The standard InChI is InChI=1S/C10H16BrN3O2/c1-6-9(11)8(14(2)13-6)5-7(3-4-12)10(15)16/h7H,3-5,12H2,1-2H3,(H,15,16). The number of rotatable bonds is 5. The second kappa shape index (κ2) is 5.45. The van der Waals surface area contributed by atoms with Gasteiger partial charge in [-0.3, -0.25) is 9.48 Å². The van der Waals surface area contributed by atoms with Crippen molar-refractivity contribution in [2.45, 2.75) is 19.8 Å². The van der Waals surface area contributed by atoms with E-state index in [1.165, 1.54) is 0 Å². The summed E-state index contributed by atoms with van der Waals surface area (Å²) in [5, 5.41) is 13.3. The van der Waals surface area contributed by atoms with E-state index in [1.807, 2.05) is 14.0 Å². The Hall–Kier alpha value is -0.880. The molecular weight excluding hydrogens is 274 g/mol. The highest BCUT2D eigenvalue weighted by Crippen LogP contribution is 2.23. The van der Waals surface area contributed by atoms with Crippen LogP contribution in [0.3, 0.4) is 0 Å². The number of aromatic nitrogens is 2. The summed E-state index contributed by atoms with van der Waals surface area (Å²) < 4.78 is 2.60. The molecule has 0 bridgehead atoms. The molecule has 5 nitrogen and oxygen atoms in total. The number of halogens is 1. The molecule has 0 saturated heterocycles. The lowest BCUT2D eigenvalue weighted by Gasteiger charge is -2.11. The van der Waals surface area contributed by atoms with Gasteiger partial charge in [0.1, 0.15) is 0 Å². The summed E-state index contributed by atoms with van der Waals surface area (Å²) in [5.74, 6) is -1.26. The van der Waals surface area contributed by atoms with Crippen LogP contribution in [-0.4, -0.2) is 27.4 Å². The maximum Gasteiger partial charge on any atom is 0.306 e. The third-order valence-corrected chi connectivity index (χ3v) is 3.60. The Kier molecular flexibility index (Phi) is 4.49. The molecule has 6 heteroatoms. The molecule has 1 aromatic rings. The molecule has 90 valence electrons. The third kappa shape index (κ3) is 2.82. The Balaban J connectivity index is 2.88. The van der Waals surface area contributed by atoms with Crippen LogP contribution in [0, 0.1) is 12.8 Å². The molecule has 1 heterocycles. The Morgan fingerprint density at radius 1 is 1.69 bits per heavy atom. The molecule has 0 aliphatic heterocycles. The topological polar surface area (TPSA) is 81.1 Å². The van der Waals surface area contributed by atoms with Crippen molar-refractivity contribution in [2.75, 3.05) is 6.54 Å². The number of carbonyl (C=O) groups is 1. The first-order chi connectivity index (χ1) is 7.47. The van der Waals surface area contributed by atoms with Crippen molar-refractivity contribution in [1.29, 1.82) is 0 Å². The molecular formula is C10H16BrN3O2. The molecule has 0 radical (unpaired) electrons. The number of aryl methyl sites for hydroxylation is 2. The third-order valence-electron chi connectivity index (χ3n) is 2.57. The van der Waals surface area contributed by atoms with Gasteiger partial charge in [0.25, 0.3) is 0 Å². The Morgan fingerprint density at radius 2 is 2.31 bits per heavy atom. The fourth-order valence-corrected chi connectivity index (χ4v) is 2.15. The second-order valence-electron chi connectivity index (χ2n) is 3.79. The van der Waals surface area contributed by atoms with Crippen LogP contribution >= 0.6 is 15.9 Å². The Bertz CT molecular complexity index is 390. The van der Waals surface area contributed by atoms with Gasteiger partial charge in [0.2, 0.25) is 0 Å². The average Bonchev–Trinajstić information content (AvgIpc) is 2.43. The summed E-state index contributed by atoms with van der Waals surface area (Å²) in [6.07, 6.45) is 0.927. The summed E-state index contributed by atoms with van der Waals surface area (Å²) in [6.45, 7) is 2.26. The zero-order valence-electron chi connectivity index (χ0n) is 9.40. The molecule has 1 unspecified atom stereocenters. The van der Waals surface area contributed by atoms with Crippen LogP contribution in [0.25, 0.3) is 0 Å². The summed E-state index contributed by atoms with van der Waals surface area (Å²) in [5.41, 5.74) is 7.18. The van der Waals surface area contributed by atoms with Crippen LogP contribution < -0.4 is 5.73 Å². The van der Waals surface area contributed by atoms with Crippen LogP contribution in [0.15, 0.2) is 4.47 Å². The number of hydrogen-bond acceptors (Lipinski definition) is 3. The van der Waals surface area contributed by atoms with E-state index in [0.717, 1.165) is 15.9 Å².